The summed E-state index contributed by atoms with van der Waals surface area (Å²) in [7, 11) is 0. The summed E-state index contributed by atoms with van der Waals surface area (Å²) in [4.78, 5) is 20.3. The van der Waals surface area contributed by atoms with Crippen molar-refractivity contribution in [1.29, 1.82) is 0 Å². The van der Waals surface area contributed by atoms with Crippen LogP contribution in [0, 0.1) is 13.8 Å². The average molecular weight is 465 g/mol. The molecule has 0 radical (unpaired) electrons. The van der Waals surface area contributed by atoms with E-state index in [1.165, 1.54) is 28.7 Å². The normalized spacial score (nSPS) is 10.9. The Morgan fingerprint density at radius 3 is 2.34 bits per heavy atom. The van der Waals surface area contributed by atoms with Crippen LogP contribution in [-0.2, 0) is 17.8 Å². The second kappa shape index (κ2) is 10.6. The number of aromatic nitrogens is 3. The van der Waals surface area contributed by atoms with Crippen molar-refractivity contribution in [3.05, 3.63) is 82.5 Å². The number of hydrogen-bond donors (Lipinski definition) is 0. The molecule has 164 valence electrons. The molecule has 0 aliphatic carbocycles. The lowest BCUT2D eigenvalue weighted by Gasteiger charge is -2.22. The lowest BCUT2D eigenvalue weighted by Crippen LogP contribution is -2.33. The number of carbonyl (C=O) groups excluding carboxylic acids is 1. The Labute approximate surface area is 195 Å². The first kappa shape index (κ1) is 22.2. The van der Waals surface area contributed by atoms with Crippen molar-refractivity contribution < 1.29 is 9.21 Å². The van der Waals surface area contributed by atoms with E-state index in [1.54, 1.807) is 0 Å². The molecule has 32 heavy (non-hydrogen) atoms. The van der Waals surface area contributed by atoms with Crippen molar-refractivity contribution in [1.82, 2.24) is 20.1 Å². The van der Waals surface area contributed by atoms with E-state index in [9.17, 15) is 4.79 Å². The molecule has 8 heteroatoms. The number of hydrogen-bond acceptors (Lipinski definition) is 7. The van der Waals surface area contributed by atoms with Crippen molar-refractivity contribution in [3.63, 3.8) is 0 Å². The van der Waals surface area contributed by atoms with Crippen LogP contribution in [0.2, 0.25) is 0 Å². The highest BCUT2D eigenvalue weighted by molar-refractivity contribution is 7.99. The molecule has 2 heterocycles. The molecule has 2 aromatic carbocycles. The average Bonchev–Trinajstić information content (AvgIpc) is 3.41. The van der Waals surface area contributed by atoms with E-state index in [2.05, 4.69) is 27.3 Å². The van der Waals surface area contributed by atoms with Crippen molar-refractivity contribution >= 4 is 29.0 Å². The quantitative estimate of drug-likeness (QED) is 0.318. The molecule has 0 aliphatic rings. The van der Waals surface area contributed by atoms with Gasteiger partial charge in [0.05, 0.1) is 16.5 Å². The molecule has 1 amide bonds. The van der Waals surface area contributed by atoms with Crippen LogP contribution in [0.1, 0.15) is 21.8 Å². The molecule has 6 nitrogen and oxygen atoms in total. The van der Waals surface area contributed by atoms with Crippen molar-refractivity contribution in [2.45, 2.75) is 32.0 Å². The zero-order valence-corrected chi connectivity index (χ0v) is 19.7. The number of benzene rings is 2. The van der Waals surface area contributed by atoms with E-state index in [-0.39, 0.29) is 11.7 Å². The SMILES string of the molecule is Cc1nc(C)c(-c2nnc(SCC(=O)N(CCc3ccccc3)Cc3ccccc3)o2)s1. The van der Waals surface area contributed by atoms with E-state index in [4.69, 9.17) is 4.42 Å². The van der Waals surface area contributed by atoms with Gasteiger partial charge in [0, 0.05) is 13.1 Å². The van der Waals surface area contributed by atoms with Gasteiger partial charge in [0.1, 0.15) is 4.88 Å². The second-order valence-corrected chi connectivity index (χ2v) is 9.48. The maximum atomic E-state index is 13.1. The summed E-state index contributed by atoms with van der Waals surface area (Å²) in [6.45, 7) is 5.09. The van der Waals surface area contributed by atoms with E-state index < -0.39 is 0 Å². The topological polar surface area (TPSA) is 72.1 Å². The molecular weight excluding hydrogens is 440 g/mol. The first-order valence-electron chi connectivity index (χ1n) is 10.3. The standard InChI is InChI=1S/C24H24N4O2S2/c1-17-22(32-18(2)25-17)23-26-27-24(30-23)31-16-21(29)28(15-20-11-7-4-8-12-20)14-13-19-9-5-3-6-10-19/h3-12H,13-16H2,1-2H3. The number of carbonyl (C=O) groups is 1. The highest BCUT2D eigenvalue weighted by Crippen LogP contribution is 2.30. The number of rotatable bonds is 9. The Kier molecular flexibility index (Phi) is 7.34. The molecule has 0 bridgehead atoms. The molecule has 2 aromatic heterocycles. The zero-order chi connectivity index (χ0) is 22.3. The van der Waals surface area contributed by atoms with Gasteiger partial charge in [-0.1, -0.05) is 72.4 Å². The molecule has 0 fully saturated rings. The highest BCUT2D eigenvalue weighted by Gasteiger charge is 2.19. The Bertz CT molecular complexity index is 1160. The van der Waals surface area contributed by atoms with Crippen molar-refractivity contribution in [3.8, 4) is 10.8 Å². The van der Waals surface area contributed by atoms with Crippen molar-refractivity contribution in [2.75, 3.05) is 12.3 Å². The van der Waals surface area contributed by atoms with Crippen LogP contribution in [-0.4, -0.2) is 38.3 Å². The summed E-state index contributed by atoms with van der Waals surface area (Å²) in [6.07, 6.45) is 0.804. The van der Waals surface area contributed by atoms with E-state index in [0.717, 1.165) is 27.6 Å². The van der Waals surface area contributed by atoms with E-state index >= 15 is 0 Å². The third-order valence-electron chi connectivity index (χ3n) is 4.91. The lowest BCUT2D eigenvalue weighted by molar-refractivity contribution is -0.128. The minimum atomic E-state index is 0.0411. The van der Waals surface area contributed by atoms with Crippen LogP contribution < -0.4 is 0 Å². The summed E-state index contributed by atoms with van der Waals surface area (Å²) >= 11 is 2.79. The van der Waals surface area contributed by atoms with Gasteiger partial charge in [-0.3, -0.25) is 4.79 Å². The predicted molar refractivity (Wildman–Crippen MR) is 128 cm³/mol. The number of thioether (sulfide) groups is 1. The molecule has 0 saturated carbocycles. The largest absolute Gasteiger partial charge is 0.410 e. The van der Waals surface area contributed by atoms with Gasteiger partial charge in [0.2, 0.25) is 5.91 Å². The molecule has 0 spiro atoms. The molecule has 4 rings (SSSR count). The van der Waals surface area contributed by atoms with Gasteiger partial charge in [0.25, 0.3) is 11.1 Å². The second-order valence-electron chi connectivity index (χ2n) is 7.35. The fraction of sp³-hybridized carbons (Fsp3) is 0.250. The minimum Gasteiger partial charge on any atom is -0.410 e. The first-order valence-corrected chi connectivity index (χ1v) is 12.1. The van der Waals surface area contributed by atoms with E-state index in [0.29, 0.717) is 24.2 Å². The van der Waals surface area contributed by atoms with Gasteiger partial charge in [0.15, 0.2) is 0 Å². The predicted octanol–water partition coefficient (Wildman–Crippen LogP) is 5.17. The summed E-state index contributed by atoms with van der Waals surface area (Å²) in [6, 6.07) is 20.3. The summed E-state index contributed by atoms with van der Waals surface area (Å²) in [5, 5.41) is 9.59. The molecule has 0 aliphatic heterocycles. The maximum Gasteiger partial charge on any atom is 0.277 e. The monoisotopic (exact) mass is 464 g/mol. The van der Waals surface area contributed by atoms with Gasteiger partial charge in [-0.15, -0.1) is 21.5 Å². The zero-order valence-electron chi connectivity index (χ0n) is 18.0. The van der Waals surface area contributed by atoms with Gasteiger partial charge in [-0.05, 0) is 31.4 Å². The van der Waals surface area contributed by atoms with Gasteiger partial charge in [-0.2, -0.15) is 0 Å². The Morgan fingerprint density at radius 1 is 1.00 bits per heavy atom. The Hall–Kier alpha value is -2.97. The third kappa shape index (κ3) is 5.83. The molecule has 4 aromatic rings. The molecule has 0 saturated heterocycles. The molecular formula is C24H24N4O2S2. The van der Waals surface area contributed by atoms with Crippen LogP contribution in [0.15, 0.2) is 70.3 Å². The smallest absolute Gasteiger partial charge is 0.277 e. The fourth-order valence-electron chi connectivity index (χ4n) is 3.31. The molecule has 0 atom stereocenters. The number of aryl methyl sites for hydroxylation is 2. The Balaban J connectivity index is 1.40. The fourth-order valence-corrected chi connectivity index (χ4v) is 4.82. The summed E-state index contributed by atoms with van der Waals surface area (Å²) in [5.41, 5.74) is 3.19. The van der Waals surface area contributed by atoms with Crippen LogP contribution in [0.3, 0.4) is 0 Å². The first-order chi connectivity index (χ1) is 15.6. The maximum absolute atomic E-state index is 13.1. The highest BCUT2D eigenvalue weighted by atomic mass is 32.2. The molecule has 0 N–H and O–H groups in total. The molecule has 0 unspecified atom stereocenters. The Morgan fingerprint density at radius 2 is 1.69 bits per heavy atom. The van der Waals surface area contributed by atoms with Crippen LogP contribution in [0.4, 0.5) is 0 Å². The van der Waals surface area contributed by atoms with Crippen LogP contribution >= 0.6 is 23.1 Å². The van der Waals surface area contributed by atoms with Crippen molar-refractivity contribution in [2.24, 2.45) is 0 Å². The minimum absolute atomic E-state index is 0.0411. The van der Waals surface area contributed by atoms with E-state index in [1.807, 2.05) is 67.3 Å². The van der Waals surface area contributed by atoms with Gasteiger partial charge >= 0.3 is 0 Å². The van der Waals surface area contributed by atoms with Gasteiger partial charge < -0.3 is 9.32 Å². The summed E-state index contributed by atoms with van der Waals surface area (Å²) in [5.74, 6) is 0.733. The number of thiazole rings is 1. The van der Waals surface area contributed by atoms with Crippen LogP contribution in [0.5, 0.6) is 0 Å². The lowest BCUT2D eigenvalue weighted by atomic mass is 10.1. The number of nitrogens with zero attached hydrogens (tertiary/aromatic N) is 4. The third-order valence-corrected chi connectivity index (χ3v) is 6.77. The number of amides is 1. The van der Waals surface area contributed by atoms with Gasteiger partial charge in [-0.25, -0.2) is 4.98 Å². The summed E-state index contributed by atoms with van der Waals surface area (Å²) < 4.78 is 5.78. The van der Waals surface area contributed by atoms with Crippen LogP contribution in [0.25, 0.3) is 10.8 Å².